The van der Waals surface area contributed by atoms with Crippen molar-refractivity contribution < 1.29 is 9.72 Å². The van der Waals surface area contributed by atoms with Crippen molar-refractivity contribution in [1.82, 2.24) is 14.1 Å². The van der Waals surface area contributed by atoms with Crippen molar-refractivity contribution in [2.45, 2.75) is 33.1 Å². The Hall–Kier alpha value is -3.33. The Morgan fingerprint density at radius 3 is 2.47 bits per heavy atom. The third-order valence-electron chi connectivity index (χ3n) is 5.53. The summed E-state index contributed by atoms with van der Waals surface area (Å²) in [6.45, 7) is 3.24. The average molecular weight is 459 g/mol. The third-order valence-corrected chi connectivity index (χ3v) is 5.80. The molecule has 0 bridgehead atoms. The van der Waals surface area contributed by atoms with Crippen molar-refractivity contribution in [2.24, 2.45) is 14.1 Å². The number of hydrogen-bond donors (Lipinski definition) is 0. The van der Waals surface area contributed by atoms with Crippen molar-refractivity contribution in [3.05, 3.63) is 66.0 Å². The summed E-state index contributed by atoms with van der Waals surface area (Å²) in [6.07, 6.45) is 1.39. The normalized spacial score (nSPS) is 11.2. The molecule has 3 rings (SSSR count). The summed E-state index contributed by atoms with van der Waals surface area (Å²) >= 11 is 5.74. The van der Waals surface area contributed by atoms with Crippen molar-refractivity contribution in [2.75, 3.05) is 5.88 Å². The maximum atomic E-state index is 13.2. The molecule has 10 heteroatoms. The molecular weight excluding hydrogens is 436 g/mol. The molecule has 0 aliphatic carbocycles. The summed E-state index contributed by atoms with van der Waals surface area (Å²) in [4.78, 5) is 54.3. The number of aromatic nitrogens is 3. The number of ketones is 1. The predicted octanol–water partition coefficient (Wildman–Crippen LogP) is 3.42. The number of fused-ring (bicyclic) bond motifs is 1. The number of benzene rings is 1. The van der Waals surface area contributed by atoms with Crippen LogP contribution in [0.2, 0.25) is 0 Å². The summed E-state index contributed by atoms with van der Waals surface area (Å²) in [5.74, 6) is 0.179. The van der Waals surface area contributed by atoms with Crippen LogP contribution in [0.25, 0.3) is 22.2 Å². The summed E-state index contributed by atoms with van der Waals surface area (Å²) in [5.41, 5.74) is 0.412. The van der Waals surface area contributed by atoms with Crippen molar-refractivity contribution in [3.8, 4) is 11.1 Å². The molecule has 0 amide bonds. The Bertz CT molecular complexity index is 1370. The number of Topliss-reactive ketones (excluding diaryl/α,β-unsaturated/α-hetero) is 1. The van der Waals surface area contributed by atoms with Crippen molar-refractivity contribution in [3.63, 3.8) is 0 Å². The minimum atomic E-state index is -0.622. The van der Waals surface area contributed by atoms with Gasteiger partial charge in [-0.3, -0.25) is 28.8 Å². The maximum absolute atomic E-state index is 13.2. The first-order valence-corrected chi connectivity index (χ1v) is 10.6. The second-order valence-corrected chi connectivity index (χ2v) is 8.06. The van der Waals surface area contributed by atoms with Crippen LogP contribution >= 0.6 is 11.6 Å². The molecule has 0 unspecified atom stereocenters. The monoisotopic (exact) mass is 458 g/mol. The Morgan fingerprint density at radius 2 is 1.84 bits per heavy atom. The summed E-state index contributed by atoms with van der Waals surface area (Å²) in [6, 6.07) is 4.56. The van der Waals surface area contributed by atoms with Crippen molar-refractivity contribution in [1.29, 1.82) is 0 Å². The van der Waals surface area contributed by atoms with Gasteiger partial charge in [0.1, 0.15) is 5.65 Å². The smallest absolute Gasteiger partial charge is 0.294 e. The zero-order valence-electron chi connectivity index (χ0n) is 18.3. The predicted molar refractivity (Wildman–Crippen MR) is 123 cm³/mol. The molecule has 0 fully saturated rings. The highest BCUT2D eigenvalue weighted by atomic mass is 35.5. The molecule has 1 aromatic carbocycles. The highest BCUT2D eigenvalue weighted by Crippen LogP contribution is 2.35. The number of nitrogens with zero attached hydrogens (tertiary/aromatic N) is 4. The van der Waals surface area contributed by atoms with Gasteiger partial charge in [-0.1, -0.05) is 12.1 Å². The van der Waals surface area contributed by atoms with E-state index in [2.05, 4.69) is 4.98 Å². The van der Waals surface area contributed by atoms with Crippen LogP contribution < -0.4 is 11.2 Å². The number of carbonyl (C=O) groups is 1. The van der Waals surface area contributed by atoms with Crippen LogP contribution in [0.4, 0.5) is 5.69 Å². The fourth-order valence-corrected chi connectivity index (χ4v) is 3.99. The van der Waals surface area contributed by atoms with Gasteiger partial charge >= 0.3 is 5.69 Å². The number of rotatable bonds is 7. The zero-order valence-corrected chi connectivity index (χ0v) is 19.0. The van der Waals surface area contributed by atoms with E-state index in [9.17, 15) is 24.5 Å². The molecule has 2 heterocycles. The lowest BCUT2D eigenvalue weighted by atomic mass is 9.91. The molecule has 0 radical (unpaired) electrons. The van der Waals surface area contributed by atoms with Crippen LogP contribution in [0.5, 0.6) is 0 Å². The molecule has 0 saturated heterocycles. The van der Waals surface area contributed by atoms with Gasteiger partial charge in [0.2, 0.25) is 0 Å². The van der Waals surface area contributed by atoms with Gasteiger partial charge in [-0.25, -0.2) is 9.78 Å². The number of unbranched alkanes of at least 4 members (excludes halogenated alkanes) is 1. The molecule has 3 aromatic rings. The van der Waals surface area contributed by atoms with Crippen molar-refractivity contribution >= 4 is 34.1 Å². The second kappa shape index (κ2) is 9.04. The number of nitro benzene ring substituents is 1. The summed E-state index contributed by atoms with van der Waals surface area (Å²) in [7, 11) is 2.83. The number of halogens is 1. The summed E-state index contributed by atoms with van der Waals surface area (Å²) in [5, 5.41) is 11.6. The quantitative estimate of drug-likeness (QED) is 0.176. The average Bonchev–Trinajstić information content (AvgIpc) is 2.75. The number of nitro groups is 1. The topological polar surface area (TPSA) is 117 Å². The van der Waals surface area contributed by atoms with E-state index in [0.717, 1.165) is 4.57 Å². The molecular formula is C22H23ClN4O5. The van der Waals surface area contributed by atoms with E-state index in [4.69, 9.17) is 11.6 Å². The van der Waals surface area contributed by atoms with E-state index in [1.807, 2.05) is 0 Å². The highest BCUT2D eigenvalue weighted by molar-refractivity contribution is 6.17. The van der Waals surface area contributed by atoms with Gasteiger partial charge in [-0.15, -0.1) is 11.6 Å². The van der Waals surface area contributed by atoms with Gasteiger partial charge in [0.15, 0.2) is 5.78 Å². The SMILES string of the molecule is Cc1ccc(-c2c(C(=O)CCCCCl)c(C)nc3c2c(=O)n(C)c(=O)n3C)cc1[N+](=O)[O-]. The Labute approximate surface area is 188 Å². The van der Waals surface area contributed by atoms with Gasteiger partial charge < -0.3 is 0 Å². The standard InChI is InChI=1S/C22H23ClN4O5/c1-12-8-9-14(11-15(12)27(31)32)18-17(16(28)7-5-6-10-23)13(2)24-20-19(18)21(29)26(4)22(30)25(20)3/h8-9,11H,5-7,10H2,1-4H3. The Balaban J connectivity index is 2.50. The van der Waals surface area contributed by atoms with Gasteiger partial charge in [0.05, 0.1) is 16.0 Å². The first-order chi connectivity index (χ1) is 15.1. The van der Waals surface area contributed by atoms with E-state index in [-0.39, 0.29) is 40.1 Å². The van der Waals surface area contributed by atoms with Gasteiger partial charge in [-0.2, -0.15) is 0 Å². The summed E-state index contributed by atoms with van der Waals surface area (Å²) < 4.78 is 2.17. The minimum Gasteiger partial charge on any atom is -0.294 e. The van der Waals surface area contributed by atoms with E-state index in [0.29, 0.717) is 35.5 Å². The van der Waals surface area contributed by atoms with Gasteiger partial charge in [-0.05, 0) is 32.3 Å². The first-order valence-electron chi connectivity index (χ1n) is 10.0. The number of pyridine rings is 1. The van der Waals surface area contributed by atoms with Crippen LogP contribution in [-0.2, 0) is 14.1 Å². The molecule has 32 heavy (non-hydrogen) atoms. The lowest BCUT2D eigenvalue weighted by Gasteiger charge is -2.17. The van der Waals surface area contributed by atoms with E-state index >= 15 is 0 Å². The van der Waals surface area contributed by atoms with Crippen LogP contribution in [-0.4, -0.2) is 30.7 Å². The fraction of sp³-hybridized carbons (Fsp3) is 0.364. The Morgan fingerprint density at radius 1 is 1.16 bits per heavy atom. The molecule has 0 spiro atoms. The first kappa shape index (κ1) is 23.3. The van der Waals surface area contributed by atoms with Crippen LogP contribution in [0.3, 0.4) is 0 Å². The van der Waals surface area contributed by atoms with Crippen LogP contribution in [0, 0.1) is 24.0 Å². The van der Waals surface area contributed by atoms with Gasteiger partial charge in [0.25, 0.3) is 11.2 Å². The number of hydrogen-bond acceptors (Lipinski definition) is 6. The lowest BCUT2D eigenvalue weighted by Crippen LogP contribution is -2.38. The molecule has 9 nitrogen and oxygen atoms in total. The fourth-order valence-electron chi connectivity index (χ4n) is 3.80. The van der Waals surface area contributed by atoms with Crippen LogP contribution in [0.1, 0.15) is 40.9 Å². The number of carbonyl (C=O) groups excluding carboxylic acids is 1. The zero-order chi connectivity index (χ0) is 23.7. The minimum absolute atomic E-state index is 0.0686. The molecule has 0 aliphatic heterocycles. The highest BCUT2D eigenvalue weighted by Gasteiger charge is 2.25. The van der Waals surface area contributed by atoms with E-state index in [1.54, 1.807) is 26.0 Å². The molecule has 168 valence electrons. The molecule has 0 saturated carbocycles. The maximum Gasteiger partial charge on any atom is 0.332 e. The molecule has 0 aliphatic rings. The largest absolute Gasteiger partial charge is 0.332 e. The molecule has 0 atom stereocenters. The second-order valence-electron chi connectivity index (χ2n) is 7.68. The third kappa shape index (κ3) is 3.95. The van der Waals surface area contributed by atoms with E-state index in [1.165, 1.54) is 24.7 Å². The molecule has 2 aromatic heterocycles. The lowest BCUT2D eigenvalue weighted by molar-refractivity contribution is -0.385. The molecule has 0 N–H and O–H groups in total. The Kier molecular flexibility index (Phi) is 6.59. The number of aryl methyl sites for hydroxylation is 3. The number of alkyl halides is 1. The van der Waals surface area contributed by atoms with E-state index < -0.39 is 16.2 Å². The van der Waals surface area contributed by atoms with Gasteiger partial charge in [0, 0.05) is 49.2 Å². The van der Waals surface area contributed by atoms with Crippen LogP contribution in [0.15, 0.2) is 27.8 Å².